The lowest BCUT2D eigenvalue weighted by atomic mass is 10.1. The number of sulfonamides is 1. The highest BCUT2D eigenvalue weighted by molar-refractivity contribution is 7.93. The van der Waals surface area contributed by atoms with Gasteiger partial charge >= 0.3 is 0 Å². The summed E-state index contributed by atoms with van der Waals surface area (Å²) in [6.07, 6.45) is 0.0832. The van der Waals surface area contributed by atoms with Crippen LogP contribution in [0.4, 0.5) is 11.4 Å². The molecule has 3 aromatic carbocycles. The zero-order valence-electron chi connectivity index (χ0n) is 17.2. The largest absolute Gasteiger partial charge is 0.496 e. The smallest absolute Gasteiger partial charge is 0.265 e. The average Bonchev–Trinajstić information content (AvgIpc) is 2.76. The molecular weight excluding hydrogens is 436 g/mol. The van der Waals surface area contributed by atoms with Crippen LogP contribution in [0.15, 0.2) is 77.7 Å². The van der Waals surface area contributed by atoms with Crippen LogP contribution < -0.4 is 14.4 Å². The van der Waals surface area contributed by atoms with Crippen molar-refractivity contribution in [3.8, 4) is 5.75 Å². The molecule has 0 aliphatic heterocycles. The number of rotatable bonds is 8. The molecule has 0 heterocycles. The number of amides is 1. The second-order valence-corrected chi connectivity index (χ2v) is 8.93. The van der Waals surface area contributed by atoms with E-state index in [0.717, 1.165) is 5.56 Å². The van der Waals surface area contributed by atoms with Crippen LogP contribution in [0.1, 0.15) is 12.5 Å². The lowest BCUT2D eigenvalue weighted by molar-refractivity contribution is -0.115. The maximum atomic E-state index is 13.3. The van der Waals surface area contributed by atoms with Crippen molar-refractivity contribution in [1.82, 2.24) is 0 Å². The number of hydrogen-bond donors (Lipinski definition) is 1. The first-order valence-corrected chi connectivity index (χ1v) is 11.5. The molecule has 0 fully saturated rings. The van der Waals surface area contributed by atoms with Crippen LogP contribution in [-0.2, 0) is 21.2 Å². The summed E-state index contributed by atoms with van der Waals surface area (Å²) in [6, 6.07) is 20.4. The van der Waals surface area contributed by atoms with Gasteiger partial charge in [0.1, 0.15) is 10.6 Å². The SMILES string of the molecule is CCN(c1ccccc1)S(=O)(=O)c1cc(NC(=O)Cc2ccccc2OC)ccc1Cl. The molecule has 6 nitrogen and oxygen atoms in total. The predicted octanol–water partition coefficient (Wildman–Crippen LogP) is 4.75. The molecule has 162 valence electrons. The van der Waals surface area contributed by atoms with E-state index in [2.05, 4.69) is 5.32 Å². The van der Waals surface area contributed by atoms with Crippen molar-refractivity contribution < 1.29 is 17.9 Å². The van der Waals surface area contributed by atoms with Gasteiger partial charge in [-0.15, -0.1) is 0 Å². The number of para-hydroxylation sites is 2. The quantitative estimate of drug-likeness (QED) is 0.528. The second kappa shape index (κ2) is 9.85. The Morgan fingerprint density at radius 1 is 1.03 bits per heavy atom. The molecule has 0 radical (unpaired) electrons. The predicted molar refractivity (Wildman–Crippen MR) is 123 cm³/mol. The average molecular weight is 459 g/mol. The van der Waals surface area contributed by atoms with E-state index < -0.39 is 10.0 Å². The van der Waals surface area contributed by atoms with E-state index in [-0.39, 0.29) is 28.8 Å². The van der Waals surface area contributed by atoms with Crippen LogP contribution in [-0.4, -0.2) is 28.0 Å². The van der Waals surface area contributed by atoms with Gasteiger partial charge in [-0.25, -0.2) is 8.42 Å². The summed E-state index contributed by atoms with van der Waals surface area (Å²) in [7, 11) is -2.39. The molecule has 3 aromatic rings. The van der Waals surface area contributed by atoms with E-state index in [4.69, 9.17) is 16.3 Å². The first-order chi connectivity index (χ1) is 14.9. The van der Waals surface area contributed by atoms with E-state index in [1.807, 2.05) is 18.2 Å². The van der Waals surface area contributed by atoms with Crippen LogP contribution in [0.25, 0.3) is 0 Å². The van der Waals surface area contributed by atoms with Crippen LogP contribution in [0.2, 0.25) is 5.02 Å². The van der Waals surface area contributed by atoms with Gasteiger partial charge in [0, 0.05) is 17.8 Å². The minimum atomic E-state index is -3.93. The molecule has 0 bridgehead atoms. The van der Waals surface area contributed by atoms with Gasteiger partial charge in [0.05, 0.1) is 24.2 Å². The zero-order valence-corrected chi connectivity index (χ0v) is 18.8. The van der Waals surface area contributed by atoms with Crippen molar-refractivity contribution in [2.75, 3.05) is 23.3 Å². The molecule has 0 saturated carbocycles. The fraction of sp³-hybridized carbons (Fsp3) is 0.174. The molecule has 0 atom stereocenters. The van der Waals surface area contributed by atoms with Crippen molar-refractivity contribution >= 4 is 38.9 Å². The van der Waals surface area contributed by atoms with Gasteiger partial charge in [-0.1, -0.05) is 48.0 Å². The summed E-state index contributed by atoms with van der Waals surface area (Å²) in [5.41, 5.74) is 1.60. The highest BCUT2D eigenvalue weighted by atomic mass is 35.5. The van der Waals surface area contributed by atoms with Crippen LogP contribution in [0, 0.1) is 0 Å². The van der Waals surface area contributed by atoms with Crippen LogP contribution in [0.3, 0.4) is 0 Å². The van der Waals surface area contributed by atoms with E-state index >= 15 is 0 Å². The lowest BCUT2D eigenvalue weighted by Gasteiger charge is -2.23. The number of benzene rings is 3. The van der Waals surface area contributed by atoms with Gasteiger partial charge in [-0.2, -0.15) is 0 Å². The monoisotopic (exact) mass is 458 g/mol. The Balaban J connectivity index is 1.86. The summed E-state index contributed by atoms with van der Waals surface area (Å²) in [6.45, 7) is 1.98. The number of nitrogens with zero attached hydrogens (tertiary/aromatic N) is 1. The summed E-state index contributed by atoms with van der Waals surface area (Å²) in [5.74, 6) is 0.309. The van der Waals surface area contributed by atoms with Gasteiger partial charge < -0.3 is 10.1 Å². The Bertz CT molecular complexity index is 1170. The maximum Gasteiger partial charge on any atom is 0.265 e. The number of methoxy groups -OCH3 is 1. The Labute approximate surface area is 187 Å². The number of nitrogens with one attached hydrogen (secondary N) is 1. The highest BCUT2D eigenvalue weighted by Crippen LogP contribution is 2.30. The minimum Gasteiger partial charge on any atom is -0.496 e. The van der Waals surface area contributed by atoms with E-state index in [1.54, 1.807) is 56.5 Å². The molecule has 31 heavy (non-hydrogen) atoms. The van der Waals surface area contributed by atoms with Gasteiger partial charge in [0.25, 0.3) is 10.0 Å². The van der Waals surface area contributed by atoms with Gasteiger partial charge in [0.15, 0.2) is 0 Å². The highest BCUT2D eigenvalue weighted by Gasteiger charge is 2.26. The summed E-state index contributed by atoms with van der Waals surface area (Å²) < 4.78 is 33.2. The zero-order chi connectivity index (χ0) is 22.4. The fourth-order valence-corrected chi connectivity index (χ4v) is 5.19. The summed E-state index contributed by atoms with van der Waals surface area (Å²) in [5, 5.41) is 2.82. The van der Waals surface area contributed by atoms with Crippen LogP contribution >= 0.6 is 11.6 Å². The van der Waals surface area contributed by atoms with Crippen molar-refractivity contribution in [2.24, 2.45) is 0 Å². The number of carbonyl (C=O) groups is 1. The molecule has 0 aliphatic rings. The number of ether oxygens (including phenoxy) is 1. The van der Waals surface area contributed by atoms with Crippen molar-refractivity contribution in [3.05, 3.63) is 83.4 Å². The third-order valence-electron chi connectivity index (χ3n) is 4.66. The first-order valence-electron chi connectivity index (χ1n) is 9.66. The molecule has 0 spiro atoms. The molecule has 0 aliphatic carbocycles. The van der Waals surface area contributed by atoms with Crippen LogP contribution in [0.5, 0.6) is 5.75 Å². The lowest BCUT2D eigenvalue weighted by Crippen LogP contribution is -2.31. The molecule has 0 saturated heterocycles. The molecule has 0 aromatic heterocycles. The first kappa shape index (κ1) is 22.7. The summed E-state index contributed by atoms with van der Waals surface area (Å²) >= 11 is 6.24. The normalized spacial score (nSPS) is 11.1. The number of halogens is 1. The van der Waals surface area contributed by atoms with Crippen molar-refractivity contribution in [3.63, 3.8) is 0 Å². The van der Waals surface area contributed by atoms with E-state index in [1.165, 1.54) is 16.4 Å². The Kier molecular flexibility index (Phi) is 7.20. The number of anilines is 2. The number of hydrogen-bond acceptors (Lipinski definition) is 4. The Hall–Kier alpha value is -3.03. The van der Waals surface area contributed by atoms with Crippen molar-refractivity contribution in [1.29, 1.82) is 0 Å². The number of carbonyl (C=O) groups excluding carboxylic acids is 1. The molecule has 1 amide bonds. The molecular formula is C23H23ClN2O4S. The van der Waals surface area contributed by atoms with Gasteiger partial charge in [0.2, 0.25) is 5.91 Å². The Morgan fingerprint density at radius 3 is 2.39 bits per heavy atom. The van der Waals surface area contributed by atoms with Gasteiger partial charge in [-0.3, -0.25) is 9.10 Å². The van der Waals surface area contributed by atoms with Crippen molar-refractivity contribution in [2.45, 2.75) is 18.2 Å². The Morgan fingerprint density at radius 2 is 1.71 bits per heavy atom. The molecule has 3 rings (SSSR count). The van der Waals surface area contributed by atoms with E-state index in [9.17, 15) is 13.2 Å². The third kappa shape index (κ3) is 5.18. The molecule has 0 unspecified atom stereocenters. The maximum absolute atomic E-state index is 13.3. The second-order valence-electron chi connectivity index (χ2n) is 6.69. The summed E-state index contributed by atoms with van der Waals surface area (Å²) in [4.78, 5) is 12.5. The minimum absolute atomic E-state index is 0.0741. The standard InChI is InChI=1S/C23H23ClN2O4S/c1-3-26(19-10-5-4-6-11-19)31(28,29)22-16-18(13-14-20(22)24)25-23(27)15-17-9-7-8-12-21(17)30-2/h4-14,16H,3,15H2,1-2H3,(H,25,27). The van der Waals surface area contributed by atoms with Gasteiger partial charge in [-0.05, 0) is 43.3 Å². The third-order valence-corrected chi connectivity index (χ3v) is 7.04. The molecule has 8 heteroatoms. The fourth-order valence-electron chi connectivity index (χ4n) is 3.21. The van der Waals surface area contributed by atoms with E-state index in [0.29, 0.717) is 17.1 Å². The molecule has 1 N–H and O–H groups in total. The topological polar surface area (TPSA) is 75.7 Å².